The van der Waals surface area contributed by atoms with Crippen LogP contribution in [0.5, 0.6) is 5.75 Å². The largest absolute Gasteiger partial charge is 0.488 e. The van der Waals surface area contributed by atoms with Crippen LogP contribution in [0.25, 0.3) is 0 Å². The number of nitrogens with one attached hydrogen (secondary N) is 1. The average Bonchev–Trinajstić information content (AvgIpc) is 3.08. The van der Waals surface area contributed by atoms with Crippen LogP contribution in [-0.2, 0) is 6.61 Å². The van der Waals surface area contributed by atoms with Gasteiger partial charge in [0.25, 0.3) is 0 Å². The van der Waals surface area contributed by atoms with Gasteiger partial charge >= 0.3 is 0 Å². The minimum atomic E-state index is 0.318. The third-order valence-electron chi connectivity index (χ3n) is 4.77. The first-order valence-corrected chi connectivity index (χ1v) is 10.0. The Morgan fingerprint density at radius 2 is 1.86 bits per heavy atom. The number of aryl methyl sites for hydroxylation is 1. The zero-order valence-corrected chi connectivity index (χ0v) is 17.4. The number of ether oxygens (including phenoxy) is 1. The summed E-state index contributed by atoms with van der Waals surface area (Å²) in [5, 5.41) is 11.8. The molecule has 0 aliphatic rings. The molecule has 0 aliphatic heterocycles. The summed E-state index contributed by atoms with van der Waals surface area (Å²) in [4.78, 5) is 0. The van der Waals surface area contributed by atoms with Crippen LogP contribution < -0.4 is 4.74 Å². The van der Waals surface area contributed by atoms with Crippen molar-refractivity contribution in [2.75, 3.05) is 0 Å². The lowest BCUT2D eigenvalue weighted by Gasteiger charge is -2.11. The highest BCUT2D eigenvalue weighted by Crippen LogP contribution is 2.22. The molecule has 3 aromatic rings. The monoisotopic (exact) mass is 394 g/mol. The summed E-state index contributed by atoms with van der Waals surface area (Å²) < 4.78 is 8.24. The summed E-state index contributed by atoms with van der Waals surface area (Å²) in [5.41, 5.74) is 3.26. The number of para-hydroxylation sites is 1. The van der Waals surface area contributed by atoms with Gasteiger partial charge in [0.2, 0.25) is 4.77 Å². The van der Waals surface area contributed by atoms with Crippen molar-refractivity contribution < 1.29 is 4.74 Å². The summed E-state index contributed by atoms with van der Waals surface area (Å²) in [7, 11) is 0. The van der Waals surface area contributed by atoms with E-state index in [0.717, 1.165) is 35.5 Å². The molecule has 0 atom stereocenters. The fourth-order valence-corrected chi connectivity index (χ4v) is 3.20. The first-order valence-electron chi connectivity index (χ1n) is 9.61. The van der Waals surface area contributed by atoms with E-state index in [9.17, 15) is 0 Å². The number of aromatic nitrogens is 3. The van der Waals surface area contributed by atoms with E-state index in [1.54, 1.807) is 10.9 Å². The molecule has 5 nitrogen and oxygen atoms in total. The third kappa shape index (κ3) is 4.75. The van der Waals surface area contributed by atoms with Gasteiger partial charge in [-0.05, 0) is 49.7 Å². The molecule has 28 heavy (non-hydrogen) atoms. The maximum atomic E-state index is 6.03. The highest BCUT2D eigenvalue weighted by atomic mass is 32.1. The van der Waals surface area contributed by atoms with Crippen LogP contribution >= 0.6 is 12.2 Å². The topological polar surface area (TPSA) is 55.2 Å². The molecule has 0 amide bonds. The van der Waals surface area contributed by atoms with Gasteiger partial charge in [-0.25, -0.2) is 0 Å². The molecule has 0 radical (unpaired) electrons. The van der Waals surface area contributed by atoms with Crippen molar-refractivity contribution in [1.29, 1.82) is 0 Å². The molecule has 0 bridgehead atoms. The summed E-state index contributed by atoms with van der Waals surface area (Å²) in [6, 6.07) is 16.2. The van der Waals surface area contributed by atoms with Gasteiger partial charge < -0.3 is 4.74 Å². The molecule has 0 aliphatic carbocycles. The molecular weight excluding hydrogens is 368 g/mol. The SMILES string of the molecule is CCC(CC)c1n[nH]c(=S)n1/N=C\c1ccccc1OCc1ccc(C)cc1. The van der Waals surface area contributed by atoms with E-state index >= 15 is 0 Å². The van der Waals surface area contributed by atoms with E-state index in [2.05, 4.69) is 60.3 Å². The molecule has 1 heterocycles. The van der Waals surface area contributed by atoms with Gasteiger partial charge in [0.1, 0.15) is 12.4 Å². The third-order valence-corrected chi connectivity index (χ3v) is 5.04. The summed E-state index contributed by atoms with van der Waals surface area (Å²) in [5.74, 6) is 1.97. The molecule has 0 saturated carbocycles. The van der Waals surface area contributed by atoms with Crippen LogP contribution in [0.2, 0.25) is 0 Å². The van der Waals surface area contributed by atoms with Crippen LogP contribution in [0.4, 0.5) is 0 Å². The van der Waals surface area contributed by atoms with Gasteiger partial charge in [0.05, 0.1) is 6.21 Å². The number of benzene rings is 2. The smallest absolute Gasteiger partial charge is 0.216 e. The highest BCUT2D eigenvalue weighted by Gasteiger charge is 2.15. The Kier molecular flexibility index (Phi) is 6.76. The molecule has 3 rings (SSSR count). The van der Waals surface area contributed by atoms with E-state index in [-0.39, 0.29) is 0 Å². The lowest BCUT2D eigenvalue weighted by Crippen LogP contribution is -2.05. The molecule has 0 saturated heterocycles. The standard InChI is InChI=1S/C22H26N4OS/c1-4-18(5-2)21-24-25-22(28)26(21)23-14-19-8-6-7-9-20(19)27-15-17-12-10-16(3)11-13-17/h6-14,18H,4-5,15H2,1-3H3,(H,25,28)/b23-14-. The molecule has 146 valence electrons. The van der Waals surface area contributed by atoms with Crippen LogP contribution in [0.15, 0.2) is 53.6 Å². The average molecular weight is 395 g/mol. The van der Waals surface area contributed by atoms with E-state index in [0.29, 0.717) is 17.3 Å². The molecule has 0 fully saturated rings. The zero-order chi connectivity index (χ0) is 19.9. The fraction of sp³-hybridized carbons (Fsp3) is 0.318. The summed E-state index contributed by atoms with van der Waals surface area (Å²) in [6.07, 6.45) is 3.76. The second kappa shape index (κ2) is 9.46. The number of hydrogen-bond acceptors (Lipinski definition) is 4. The summed E-state index contributed by atoms with van der Waals surface area (Å²) in [6.45, 7) is 6.88. The van der Waals surface area contributed by atoms with E-state index in [1.165, 1.54) is 5.56 Å². The Balaban J connectivity index is 1.81. The van der Waals surface area contributed by atoms with Crippen molar-refractivity contribution in [3.05, 3.63) is 75.8 Å². The van der Waals surface area contributed by atoms with Crippen LogP contribution in [0, 0.1) is 11.7 Å². The normalized spacial score (nSPS) is 11.4. The minimum Gasteiger partial charge on any atom is -0.488 e. The van der Waals surface area contributed by atoms with Gasteiger partial charge in [0.15, 0.2) is 5.82 Å². The first-order chi connectivity index (χ1) is 13.6. The van der Waals surface area contributed by atoms with Crippen molar-refractivity contribution in [2.24, 2.45) is 5.10 Å². The predicted molar refractivity (Wildman–Crippen MR) is 116 cm³/mol. The number of hydrogen-bond donors (Lipinski definition) is 1. The maximum Gasteiger partial charge on any atom is 0.216 e. The minimum absolute atomic E-state index is 0.318. The Labute approximate surface area is 171 Å². The number of aromatic amines is 1. The van der Waals surface area contributed by atoms with Crippen LogP contribution in [-0.4, -0.2) is 21.1 Å². The number of nitrogens with zero attached hydrogens (tertiary/aromatic N) is 3. The van der Waals surface area contributed by atoms with Crippen molar-refractivity contribution in [1.82, 2.24) is 14.9 Å². The molecular formula is C22H26N4OS. The Bertz CT molecular complexity index is 984. The van der Waals surface area contributed by atoms with Gasteiger partial charge in [-0.15, -0.1) is 0 Å². The van der Waals surface area contributed by atoms with Gasteiger partial charge in [-0.2, -0.15) is 14.9 Å². The van der Waals surface area contributed by atoms with Crippen molar-refractivity contribution in [3.63, 3.8) is 0 Å². The molecule has 0 spiro atoms. The van der Waals surface area contributed by atoms with Crippen molar-refractivity contribution >= 4 is 18.4 Å². The van der Waals surface area contributed by atoms with E-state index in [1.807, 2.05) is 24.3 Å². The Hall–Kier alpha value is -2.73. The van der Waals surface area contributed by atoms with Crippen LogP contribution in [0.3, 0.4) is 0 Å². The van der Waals surface area contributed by atoms with Crippen molar-refractivity contribution in [3.8, 4) is 5.75 Å². The highest BCUT2D eigenvalue weighted by molar-refractivity contribution is 7.71. The predicted octanol–water partition coefficient (Wildman–Crippen LogP) is 5.61. The van der Waals surface area contributed by atoms with Crippen LogP contribution in [0.1, 0.15) is 55.1 Å². The van der Waals surface area contributed by atoms with E-state index < -0.39 is 0 Å². The molecule has 0 unspecified atom stereocenters. The van der Waals surface area contributed by atoms with Crippen molar-refractivity contribution in [2.45, 2.75) is 46.1 Å². The Morgan fingerprint density at radius 3 is 2.57 bits per heavy atom. The first kappa shape index (κ1) is 20.0. The lowest BCUT2D eigenvalue weighted by molar-refractivity contribution is 0.306. The molecule has 1 N–H and O–H groups in total. The second-order valence-corrected chi connectivity index (χ2v) is 7.16. The van der Waals surface area contributed by atoms with Gasteiger partial charge in [-0.1, -0.05) is 55.8 Å². The fourth-order valence-electron chi connectivity index (χ4n) is 3.02. The second-order valence-electron chi connectivity index (χ2n) is 6.77. The molecule has 1 aromatic heterocycles. The van der Waals surface area contributed by atoms with E-state index in [4.69, 9.17) is 17.0 Å². The number of H-pyrrole nitrogens is 1. The maximum absolute atomic E-state index is 6.03. The summed E-state index contributed by atoms with van der Waals surface area (Å²) >= 11 is 5.36. The molecule has 2 aromatic carbocycles. The zero-order valence-electron chi connectivity index (χ0n) is 16.6. The quantitative estimate of drug-likeness (QED) is 0.399. The lowest BCUT2D eigenvalue weighted by atomic mass is 10.0. The molecule has 6 heteroatoms. The number of rotatable bonds is 8. The van der Waals surface area contributed by atoms with Gasteiger partial charge in [0, 0.05) is 11.5 Å². The van der Waals surface area contributed by atoms with Gasteiger partial charge in [-0.3, -0.25) is 5.10 Å². The Morgan fingerprint density at radius 1 is 1.14 bits per heavy atom.